The van der Waals surface area contributed by atoms with Crippen LogP contribution in [0.3, 0.4) is 0 Å². The van der Waals surface area contributed by atoms with Crippen LogP contribution in [-0.4, -0.2) is 35.0 Å². The number of thiocarbonyl (C=S) groups is 1. The van der Waals surface area contributed by atoms with Crippen LogP contribution in [0.5, 0.6) is 5.75 Å². The van der Waals surface area contributed by atoms with Gasteiger partial charge >= 0.3 is 0 Å². The number of likely N-dealkylation sites (N-methyl/N-ethyl adjacent to an activating group) is 1. The minimum Gasteiger partial charge on any atom is -0.491 e. The van der Waals surface area contributed by atoms with Crippen LogP contribution in [0, 0.1) is 0 Å². The first-order chi connectivity index (χ1) is 9.88. The van der Waals surface area contributed by atoms with Crippen molar-refractivity contribution in [2.24, 2.45) is 0 Å². The van der Waals surface area contributed by atoms with E-state index in [1.165, 1.54) is 18.0 Å². The summed E-state index contributed by atoms with van der Waals surface area (Å²) in [5.74, 6) is -0.151. The highest BCUT2D eigenvalue weighted by Gasteiger charge is 2.30. The molecule has 0 atom stereocenters. The predicted molar refractivity (Wildman–Crippen MR) is 83.7 cm³/mol. The Bertz CT molecular complexity index is 620. The van der Waals surface area contributed by atoms with E-state index >= 15 is 0 Å². The van der Waals surface area contributed by atoms with Crippen molar-refractivity contribution in [3.8, 4) is 5.75 Å². The van der Waals surface area contributed by atoms with Crippen molar-refractivity contribution in [2.45, 2.75) is 20.0 Å². The molecule has 2 rings (SSSR count). The molecule has 1 N–H and O–H groups in total. The average molecular weight is 304 g/mol. The number of ether oxygens (including phenoxy) is 1. The van der Waals surface area contributed by atoms with Gasteiger partial charge in [0.15, 0.2) is 5.11 Å². The molecule has 2 amide bonds. The smallest absolute Gasteiger partial charge is 0.265 e. The minimum absolute atomic E-state index is 0.0589. The third-order valence-corrected chi connectivity index (χ3v) is 3.24. The molecule has 0 spiro atoms. The molecule has 1 saturated heterocycles. The van der Waals surface area contributed by atoms with E-state index in [2.05, 4.69) is 5.32 Å². The summed E-state index contributed by atoms with van der Waals surface area (Å²) in [5, 5.41) is 2.59. The van der Waals surface area contributed by atoms with Gasteiger partial charge in [-0.3, -0.25) is 19.8 Å². The maximum absolute atomic E-state index is 12.0. The number of amides is 2. The Balaban J connectivity index is 2.24. The maximum atomic E-state index is 12.0. The predicted octanol–water partition coefficient (Wildman–Crippen LogP) is 1.73. The number of carbonyl (C=O) groups excluding carboxylic acids is 2. The average Bonchev–Trinajstić information content (AvgIpc) is 2.42. The largest absolute Gasteiger partial charge is 0.491 e. The van der Waals surface area contributed by atoms with Crippen LogP contribution in [-0.2, 0) is 9.59 Å². The quantitative estimate of drug-likeness (QED) is 0.525. The van der Waals surface area contributed by atoms with Crippen LogP contribution in [0.2, 0.25) is 0 Å². The van der Waals surface area contributed by atoms with Gasteiger partial charge < -0.3 is 4.74 Å². The summed E-state index contributed by atoms with van der Waals surface area (Å²) in [7, 11) is 1.53. The van der Waals surface area contributed by atoms with Crippen molar-refractivity contribution in [1.29, 1.82) is 0 Å². The molecule has 110 valence electrons. The van der Waals surface area contributed by atoms with Crippen molar-refractivity contribution in [1.82, 2.24) is 10.2 Å². The Labute approximate surface area is 128 Å². The molecule has 21 heavy (non-hydrogen) atoms. The lowest BCUT2D eigenvalue weighted by atomic mass is 10.1. The van der Waals surface area contributed by atoms with Crippen LogP contribution in [0.1, 0.15) is 19.4 Å². The maximum Gasteiger partial charge on any atom is 0.265 e. The van der Waals surface area contributed by atoms with Gasteiger partial charge in [0.1, 0.15) is 11.3 Å². The monoisotopic (exact) mass is 304 g/mol. The van der Waals surface area contributed by atoms with Gasteiger partial charge in [-0.15, -0.1) is 0 Å². The Morgan fingerprint density at radius 1 is 1.24 bits per heavy atom. The van der Waals surface area contributed by atoms with Crippen molar-refractivity contribution >= 4 is 35.2 Å². The highest BCUT2D eigenvalue weighted by atomic mass is 32.1. The lowest BCUT2D eigenvalue weighted by Crippen LogP contribution is -2.52. The number of benzene rings is 1. The van der Waals surface area contributed by atoms with Crippen molar-refractivity contribution in [2.75, 3.05) is 7.05 Å². The summed E-state index contributed by atoms with van der Waals surface area (Å²) in [4.78, 5) is 25.1. The molecule has 0 unspecified atom stereocenters. The molecule has 1 heterocycles. The number of carbonyl (C=O) groups is 2. The fourth-order valence-electron chi connectivity index (χ4n) is 1.83. The molecular weight excluding hydrogens is 288 g/mol. The first-order valence-electron chi connectivity index (χ1n) is 6.50. The number of nitrogens with one attached hydrogen (secondary N) is 1. The lowest BCUT2D eigenvalue weighted by molar-refractivity contribution is -0.128. The number of rotatable bonds is 3. The second-order valence-electron chi connectivity index (χ2n) is 4.92. The topological polar surface area (TPSA) is 58.6 Å². The molecule has 0 aliphatic carbocycles. The van der Waals surface area contributed by atoms with E-state index in [9.17, 15) is 9.59 Å². The van der Waals surface area contributed by atoms with Gasteiger partial charge in [0.05, 0.1) is 6.10 Å². The van der Waals surface area contributed by atoms with Gasteiger partial charge in [0.25, 0.3) is 11.8 Å². The first kappa shape index (κ1) is 15.2. The summed E-state index contributed by atoms with van der Waals surface area (Å²) in [6.45, 7) is 3.89. The molecule has 1 aliphatic rings. The van der Waals surface area contributed by atoms with E-state index in [-0.39, 0.29) is 16.8 Å². The Morgan fingerprint density at radius 2 is 1.86 bits per heavy atom. The SMILES string of the molecule is CC(C)Oc1ccc(/C=C2\C(=O)NC(=S)N(C)C2=O)cc1. The molecule has 0 radical (unpaired) electrons. The third-order valence-electron chi connectivity index (χ3n) is 2.87. The molecule has 6 heteroatoms. The second-order valence-corrected chi connectivity index (χ2v) is 5.30. The number of hydrogen-bond donors (Lipinski definition) is 1. The van der Waals surface area contributed by atoms with Crippen LogP contribution < -0.4 is 10.1 Å². The molecule has 0 bridgehead atoms. The van der Waals surface area contributed by atoms with Gasteiger partial charge in [0.2, 0.25) is 0 Å². The molecule has 0 saturated carbocycles. The summed E-state index contributed by atoms with van der Waals surface area (Å²) >= 11 is 4.89. The van der Waals surface area contributed by atoms with Gasteiger partial charge in [-0.1, -0.05) is 12.1 Å². The Morgan fingerprint density at radius 3 is 2.43 bits per heavy atom. The number of nitrogens with zero attached hydrogens (tertiary/aromatic N) is 1. The van der Waals surface area contributed by atoms with E-state index in [0.717, 1.165) is 11.3 Å². The van der Waals surface area contributed by atoms with Gasteiger partial charge in [-0.05, 0) is 49.8 Å². The molecule has 1 aromatic carbocycles. The summed E-state index contributed by atoms with van der Waals surface area (Å²) < 4.78 is 5.54. The Kier molecular flexibility index (Phi) is 4.37. The highest BCUT2D eigenvalue weighted by molar-refractivity contribution is 7.80. The molecule has 0 aromatic heterocycles. The van der Waals surface area contributed by atoms with E-state index < -0.39 is 11.8 Å². The molecule has 1 aromatic rings. The van der Waals surface area contributed by atoms with Crippen molar-refractivity contribution in [3.05, 3.63) is 35.4 Å². The van der Waals surface area contributed by atoms with Crippen LogP contribution in [0.15, 0.2) is 29.8 Å². The molecule has 1 fully saturated rings. The zero-order chi connectivity index (χ0) is 15.6. The van der Waals surface area contributed by atoms with Crippen LogP contribution in [0.25, 0.3) is 6.08 Å². The van der Waals surface area contributed by atoms with Crippen LogP contribution in [0.4, 0.5) is 0 Å². The molecule has 1 aliphatic heterocycles. The summed E-state index contributed by atoms with van der Waals surface area (Å²) in [6, 6.07) is 7.17. The fourth-order valence-corrected chi connectivity index (χ4v) is 2.00. The zero-order valence-electron chi connectivity index (χ0n) is 12.0. The van der Waals surface area contributed by atoms with Gasteiger partial charge in [-0.25, -0.2) is 0 Å². The van der Waals surface area contributed by atoms with E-state index in [0.29, 0.717) is 0 Å². The summed E-state index contributed by atoms with van der Waals surface area (Å²) in [6.07, 6.45) is 1.63. The molecular formula is C15H16N2O3S. The van der Waals surface area contributed by atoms with Crippen molar-refractivity contribution in [3.63, 3.8) is 0 Å². The fraction of sp³-hybridized carbons (Fsp3) is 0.267. The van der Waals surface area contributed by atoms with Gasteiger partial charge in [-0.2, -0.15) is 0 Å². The Hall–Kier alpha value is -2.21. The second kappa shape index (κ2) is 6.05. The minimum atomic E-state index is -0.481. The zero-order valence-corrected chi connectivity index (χ0v) is 12.9. The molecule has 5 nitrogen and oxygen atoms in total. The summed E-state index contributed by atoms with van der Waals surface area (Å²) in [5.41, 5.74) is 0.800. The highest BCUT2D eigenvalue weighted by Crippen LogP contribution is 2.17. The first-order valence-corrected chi connectivity index (χ1v) is 6.91. The standard InChI is InChI=1S/C15H16N2O3S/c1-9(2)20-11-6-4-10(5-7-11)8-12-13(18)16-15(21)17(3)14(12)19/h4-9H,1-3H3,(H,16,18,21)/b12-8+. The van der Waals surface area contributed by atoms with Crippen LogP contribution >= 0.6 is 12.2 Å². The van der Waals surface area contributed by atoms with E-state index in [4.69, 9.17) is 17.0 Å². The number of hydrogen-bond acceptors (Lipinski definition) is 4. The lowest BCUT2D eigenvalue weighted by Gasteiger charge is -2.25. The normalized spacial score (nSPS) is 17.4. The van der Waals surface area contributed by atoms with E-state index in [1.54, 1.807) is 24.3 Å². The van der Waals surface area contributed by atoms with Gasteiger partial charge in [0, 0.05) is 7.05 Å². The van der Waals surface area contributed by atoms with Crippen molar-refractivity contribution < 1.29 is 14.3 Å². The van der Waals surface area contributed by atoms with E-state index in [1.807, 2.05) is 13.8 Å². The third kappa shape index (κ3) is 3.46.